The molecule has 0 aliphatic heterocycles. The van der Waals surface area contributed by atoms with E-state index in [2.05, 4.69) is 10.4 Å². The number of nitrogens with zero attached hydrogens (tertiary/aromatic N) is 3. The van der Waals surface area contributed by atoms with Crippen LogP contribution in [-0.2, 0) is 7.05 Å². The number of benzene rings is 2. The summed E-state index contributed by atoms with van der Waals surface area (Å²) in [5, 5.41) is 7.11. The minimum absolute atomic E-state index is 0.288. The fraction of sp³-hybridized carbons (Fsp3) is 0.111. The van der Waals surface area contributed by atoms with Crippen molar-refractivity contribution in [3.63, 3.8) is 0 Å². The van der Waals surface area contributed by atoms with Gasteiger partial charge in [-0.1, -0.05) is 18.2 Å². The van der Waals surface area contributed by atoms with Crippen LogP contribution in [0.15, 0.2) is 60.7 Å². The summed E-state index contributed by atoms with van der Waals surface area (Å²) in [4.78, 5) is 14.4. The lowest BCUT2D eigenvalue weighted by atomic mass is 10.2. The molecule has 6 heteroatoms. The van der Waals surface area contributed by atoms with Crippen LogP contribution in [0.5, 0.6) is 0 Å². The van der Waals surface area contributed by atoms with Crippen LogP contribution in [0.25, 0.3) is 0 Å². The molecule has 1 heterocycles. The maximum atomic E-state index is 12.9. The summed E-state index contributed by atoms with van der Waals surface area (Å²) in [5.74, 6) is 0.511. The lowest BCUT2D eigenvalue weighted by Crippen LogP contribution is -2.31. The Labute approximate surface area is 140 Å². The Morgan fingerprint density at radius 2 is 1.71 bits per heavy atom. The first kappa shape index (κ1) is 15.6. The molecule has 3 rings (SSSR count). The normalized spacial score (nSPS) is 10.4. The number of hydrogen-bond acceptors (Lipinski definition) is 3. The Morgan fingerprint density at radius 3 is 2.29 bits per heavy atom. The van der Waals surface area contributed by atoms with E-state index in [0.717, 1.165) is 17.1 Å². The second-order valence-electron chi connectivity index (χ2n) is 5.49. The molecule has 2 aromatic carbocycles. The van der Waals surface area contributed by atoms with Crippen LogP contribution in [0.2, 0.25) is 0 Å². The van der Waals surface area contributed by atoms with Crippen LogP contribution in [0.1, 0.15) is 5.69 Å². The van der Waals surface area contributed by atoms with Crippen molar-refractivity contribution in [2.24, 2.45) is 7.05 Å². The van der Waals surface area contributed by atoms with Crippen molar-refractivity contribution in [2.75, 3.05) is 16.0 Å². The van der Waals surface area contributed by atoms with E-state index in [1.165, 1.54) is 0 Å². The fourth-order valence-electron chi connectivity index (χ4n) is 2.37. The number of para-hydroxylation sites is 1. The molecule has 24 heavy (non-hydrogen) atoms. The van der Waals surface area contributed by atoms with Gasteiger partial charge in [-0.2, -0.15) is 5.10 Å². The third-order valence-electron chi connectivity index (χ3n) is 3.72. The average Bonchev–Trinajstić information content (AvgIpc) is 2.88. The molecule has 0 saturated heterocycles. The molecular weight excluding hydrogens is 302 g/mol. The molecule has 0 aliphatic rings. The Kier molecular flexibility index (Phi) is 4.20. The van der Waals surface area contributed by atoms with Crippen molar-refractivity contribution in [1.29, 1.82) is 0 Å². The summed E-state index contributed by atoms with van der Waals surface area (Å²) in [6, 6.07) is 18.1. The van der Waals surface area contributed by atoms with Crippen LogP contribution in [0, 0.1) is 6.92 Å². The summed E-state index contributed by atoms with van der Waals surface area (Å²) in [6.07, 6.45) is 0. The first-order valence-electron chi connectivity index (χ1n) is 7.57. The minimum atomic E-state index is -0.288. The minimum Gasteiger partial charge on any atom is -0.399 e. The number of carbonyl (C=O) groups excluding carboxylic acids is 1. The number of nitrogens with one attached hydrogen (secondary N) is 1. The van der Waals surface area contributed by atoms with Gasteiger partial charge in [0, 0.05) is 24.5 Å². The number of hydrogen-bond donors (Lipinski definition) is 2. The second-order valence-corrected chi connectivity index (χ2v) is 5.49. The first-order valence-corrected chi connectivity index (χ1v) is 7.57. The Balaban J connectivity index is 1.94. The number of amides is 2. The summed E-state index contributed by atoms with van der Waals surface area (Å²) in [6.45, 7) is 1.93. The molecule has 0 radical (unpaired) electrons. The highest BCUT2D eigenvalue weighted by Crippen LogP contribution is 2.27. The van der Waals surface area contributed by atoms with E-state index < -0.39 is 0 Å². The summed E-state index contributed by atoms with van der Waals surface area (Å²) < 4.78 is 1.71. The maximum Gasteiger partial charge on any atom is 0.332 e. The zero-order valence-corrected chi connectivity index (χ0v) is 13.6. The van der Waals surface area contributed by atoms with Crippen molar-refractivity contribution in [3.05, 3.63) is 66.4 Å². The number of nitrogen functional groups attached to an aromatic ring is 1. The summed E-state index contributed by atoms with van der Waals surface area (Å²) in [7, 11) is 1.83. The molecule has 0 atom stereocenters. The van der Waals surface area contributed by atoms with E-state index in [1.807, 2.05) is 62.5 Å². The number of anilines is 4. The Hall–Kier alpha value is -3.28. The SMILES string of the molecule is Cc1cc(NC(=O)N(c2ccccc2)c2ccc(N)cc2)nn1C. The summed E-state index contributed by atoms with van der Waals surface area (Å²) in [5.41, 5.74) is 8.84. The van der Waals surface area contributed by atoms with E-state index in [1.54, 1.807) is 21.7 Å². The van der Waals surface area contributed by atoms with Gasteiger partial charge in [-0.25, -0.2) is 4.79 Å². The molecule has 3 N–H and O–H groups in total. The van der Waals surface area contributed by atoms with Gasteiger partial charge >= 0.3 is 6.03 Å². The zero-order valence-electron chi connectivity index (χ0n) is 13.6. The number of rotatable bonds is 3. The molecule has 122 valence electrons. The largest absolute Gasteiger partial charge is 0.399 e. The third kappa shape index (κ3) is 3.22. The molecule has 0 saturated carbocycles. The zero-order chi connectivity index (χ0) is 17.1. The van der Waals surface area contributed by atoms with Crippen LogP contribution in [-0.4, -0.2) is 15.8 Å². The van der Waals surface area contributed by atoms with Gasteiger partial charge in [0.05, 0.1) is 11.4 Å². The molecule has 2 amide bonds. The fourth-order valence-corrected chi connectivity index (χ4v) is 2.37. The monoisotopic (exact) mass is 321 g/mol. The molecule has 1 aromatic heterocycles. The van der Waals surface area contributed by atoms with Gasteiger partial charge in [-0.15, -0.1) is 0 Å². The van der Waals surface area contributed by atoms with Crippen LogP contribution in [0.4, 0.5) is 27.7 Å². The molecule has 0 spiro atoms. The quantitative estimate of drug-likeness (QED) is 0.722. The van der Waals surface area contributed by atoms with E-state index in [0.29, 0.717) is 11.5 Å². The van der Waals surface area contributed by atoms with Gasteiger partial charge in [0.15, 0.2) is 5.82 Å². The number of nitrogens with two attached hydrogens (primary N) is 1. The van der Waals surface area contributed by atoms with Crippen molar-refractivity contribution < 1.29 is 4.79 Å². The van der Waals surface area contributed by atoms with Crippen molar-refractivity contribution >= 4 is 28.9 Å². The first-order chi connectivity index (χ1) is 11.5. The highest BCUT2D eigenvalue weighted by molar-refractivity contribution is 6.06. The standard InChI is InChI=1S/C18H19N5O/c1-13-12-17(21-22(13)2)20-18(24)23(15-6-4-3-5-7-15)16-10-8-14(19)9-11-16/h3-12H,19H2,1-2H3,(H,20,21,24). The van der Waals surface area contributed by atoms with Gasteiger partial charge in [-0.3, -0.25) is 14.9 Å². The Bertz CT molecular complexity index is 820. The van der Waals surface area contributed by atoms with Crippen molar-refractivity contribution in [2.45, 2.75) is 6.92 Å². The molecule has 0 unspecified atom stereocenters. The molecule has 0 fully saturated rings. The number of aryl methyl sites for hydroxylation is 2. The van der Waals surface area contributed by atoms with Gasteiger partial charge in [-0.05, 0) is 43.3 Å². The lowest BCUT2D eigenvalue weighted by molar-refractivity contribution is 0.259. The van der Waals surface area contributed by atoms with Crippen molar-refractivity contribution in [3.8, 4) is 0 Å². The van der Waals surface area contributed by atoms with Gasteiger partial charge in [0.25, 0.3) is 0 Å². The maximum absolute atomic E-state index is 12.9. The van der Waals surface area contributed by atoms with E-state index in [4.69, 9.17) is 5.73 Å². The molecule has 6 nitrogen and oxygen atoms in total. The van der Waals surface area contributed by atoms with E-state index >= 15 is 0 Å². The summed E-state index contributed by atoms with van der Waals surface area (Å²) >= 11 is 0. The van der Waals surface area contributed by atoms with Gasteiger partial charge < -0.3 is 5.73 Å². The second kappa shape index (κ2) is 6.45. The van der Waals surface area contributed by atoms with Crippen molar-refractivity contribution in [1.82, 2.24) is 9.78 Å². The molecular formula is C18H19N5O. The number of carbonyl (C=O) groups is 1. The number of urea groups is 1. The highest BCUT2D eigenvalue weighted by atomic mass is 16.2. The predicted octanol–water partition coefficient (Wildman–Crippen LogP) is 3.68. The third-order valence-corrected chi connectivity index (χ3v) is 3.72. The topological polar surface area (TPSA) is 76.2 Å². The lowest BCUT2D eigenvalue weighted by Gasteiger charge is -2.23. The van der Waals surface area contributed by atoms with E-state index in [9.17, 15) is 4.79 Å². The van der Waals surface area contributed by atoms with Crippen LogP contribution >= 0.6 is 0 Å². The Morgan fingerprint density at radius 1 is 1.08 bits per heavy atom. The number of aromatic nitrogens is 2. The average molecular weight is 321 g/mol. The molecule has 0 bridgehead atoms. The van der Waals surface area contributed by atoms with Crippen LogP contribution in [0.3, 0.4) is 0 Å². The molecule has 3 aromatic rings. The van der Waals surface area contributed by atoms with Gasteiger partial charge in [0.2, 0.25) is 0 Å². The highest BCUT2D eigenvalue weighted by Gasteiger charge is 2.19. The van der Waals surface area contributed by atoms with Crippen LogP contribution < -0.4 is 16.0 Å². The van der Waals surface area contributed by atoms with E-state index in [-0.39, 0.29) is 6.03 Å². The van der Waals surface area contributed by atoms with Gasteiger partial charge in [0.1, 0.15) is 0 Å². The molecule has 0 aliphatic carbocycles. The predicted molar refractivity (Wildman–Crippen MR) is 96.4 cm³/mol. The smallest absolute Gasteiger partial charge is 0.332 e.